The Morgan fingerprint density at radius 3 is 2.41 bits per heavy atom. The van der Waals surface area contributed by atoms with Crippen LogP contribution in [0.25, 0.3) is 17.1 Å². The minimum Gasteiger partial charge on any atom is -0.295 e. The lowest BCUT2D eigenvalue weighted by molar-refractivity contribution is -0.137. The molecule has 1 heterocycles. The number of rotatable bonds is 2. The maximum Gasteiger partial charge on any atom is 0.446 e. The third-order valence-corrected chi connectivity index (χ3v) is 3.07. The third-order valence-electron chi connectivity index (χ3n) is 3.07. The van der Waals surface area contributed by atoms with E-state index in [2.05, 4.69) is 9.68 Å². The van der Waals surface area contributed by atoms with Crippen LogP contribution in [0.15, 0.2) is 63.9 Å². The zero-order chi connectivity index (χ0) is 15.7. The number of halogens is 3. The lowest BCUT2D eigenvalue weighted by atomic mass is 10.1. The highest BCUT2D eigenvalue weighted by molar-refractivity contribution is 5.59. The number of alkyl halides is 3. The predicted octanol–water partition coefficient (Wildman–Crippen LogP) is 3.51. The van der Waals surface area contributed by atoms with E-state index >= 15 is 0 Å². The zero-order valence-corrected chi connectivity index (χ0v) is 11.0. The standard InChI is InChI=1S/C15H9F3N2O2/c16-15(17,18)11-6-4-5-10(9-11)13-19-22-14(21)20(13)12-7-2-1-3-8-12/h1-9H. The second-order valence-corrected chi connectivity index (χ2v) is 4.52. The summed E-state index contributed by atoms with van der Waals surface area (Å²) in [6.45, 7) is 0. The molecule has 0 aliphatic carbocycles. The molecule has 0 fully saturated rings. The molecule has 0 unspecified atom stereocenters. The Hall–Kier alpha value is -2.83. The van der Waals surface area contributed by atoms with Crippen LogP contribution < -0.4 is 5.76 Å². The molecule has 0 N–H and O–H groups in total. The molecule has 3 rings (SSSR count). The number of hydrogen-bond donors (Lipinski definition) is 0. The van der Waals surface area contributed by atoms with Crippen molar-refractivity contribution in [2.75, 3.05) is 0 Å². The fourth-order valence-corrected chi connectivity index (χ4v) is 2.07. The molecule has 0 aliphatic rings. The number of hydrogen-bond acceptors (Lipinski definition) is 3. The molecule has 0 spiro atoms. The minimum absolute atomic E-state index is 0.0160. The molecular formula is C15H9F3N2O2. The van der Waals surface area contributed by atoms with Crippen molar-refractivity contribution in [3.63, 3.8) is 0 Å². The van der Waals surface area contributed by atoms with Crippen LogP contribution in [0.2, 0.25) is 0 Å². The van der Waals surface area contributed by atoms with E-state index in [0.29, 0.717) is 5.69 Å². The predicted molar refractivity (Wildman–Crippen MR) is 72.5 cm³/mol. The van der Waals surface area contributed by atoms with Gasteiger partial charge in [-0.1, -0.05) is 35.5 Å². The van der Waals surface area contributed by atoms with E-state index in [1.165, 1.54) is 12.1 Å². The fraction of sp³-hybridized carbons (Fsp3) is 0.0667. The Kier molecular flexibility index (Phi) is 3.32. The van der Waals surface area contributed by atoms with Crippen molar-refractivity contribution in [3.05, 3.63) is 70.7 Å². The number of aromatic nitrogens is 2. The van der Waals surface area contributed by atoms with Gasteiger partial charge in [-0.3, -0.25) is 4.52 Å². The van der Waals surface area contributed by atoms with E-state index in [-0.39, 0.29) is 11.4 Å². The van der Waals surface area contributed by atoms with Gasteiger partial charge in [-0.2, -0.15) is 13.2 Å². The van der Waals surface area contributed by atoms with E-state index < -0.39 is 17.5 Å². The van der Waals surface area contributed by atoms with E-state index in [0.717, 1.165) is 16.7 Å². The molecule has 0 aliphatic heterocycles. The van der Waals surface area contributed by atoms with Crippen molar-refractivity contribution in [1.29, 1.82) is 0 Å². The highest BCUT2D eigenvalue weighted by atomic mass is 19.4. The third kappa shape index (κ3) is 2.52. The second-order valence-electron chi connectivity index (χ2n) is 4.52. The fourth-order valence-electron chi connectivity index (χ4n) is 2.07. The first-order chi connectivity index (χ1) is 10.5. The van der Waals surface area contributed by atoms with Gasteiger partial charge in [-0.15, -0.1) is 0 Å². The molecule has 2 aromatic carbocycles. The lowest BCUT2D eigenvalue weighted by Crippen LogP contribution is -2.13. The Morgan fingerprint density at radius 1 is 1.00 bits per heavy atom. The summed E-state index contributed by atoms with van der Waals surface area (Å²) in [5.74, 6) is -0.749. The molecule has 0 bridgehead atoms. The maximum atomic E-state index is 12.8. The van der Waals surface area contributed by atoms with Gasteiger partial charge < -0.3 is 0 Å². The Morgan fingerprint density at radius 2 is 1.73 bits per heavy atom. The van der Waals surface area contributed by atoms with E-state index in [9.17, 15) is 18.0 Å². The first-order valence-electron chi connectivity index (χ1n) is 6.28. The number of para-hydroxylation sites is 1. The second kappa shape index (κ2) is 5.18. The van der Waals surface area contributed by atoms with Gasteiger partial charge in [-0.25, -0.2) is 9.36 Å². The molecule has 112 valence electrons. The maximum absolute atomic E-state index is 12.8. The van der Waals surface area contributed by atoms with Crippen molar-refractivity contribution < 1.29 is 17.7 Å². The average molecular weight is 306 g/mol. The van der Waals surface area contributed by atoms with E-state index in [4.69, 9.17) is 0 Å². The van der Waals surface area contributed by atoms with E-state index in [1.54, 1.807) is 30.3 Å². The van der Waals surface area contributed by atoms with Gasteiger partial charge in [0.15, 0.2) is 5.82 Å². The van der Waals surface area contributed by atoms with Gasteiger partial charge in [0, 0.05) is 5.56 Å². The van der Waals surface area contributed by atoms with Gasteiger partial charge in [0.2, 0.25) is 0 Å². The summed E-state index contributed by atoms with van der Waals surface area (Å²) in [5, 5.41) is 3.59. The minimum atomic E-state index is -4.47. The van der Waals surface area contributed by atoms with E-state index in [1.807, 2.05) is 0 Å². The van der Waals surface area contributed by atoms with Crippen molar-refractivity contribution in [2.45, 2.75) is 6.18 Å². The summed E-state index contributed by atoms with van der Waals surface area (Å²) in [6.07, 6.45) is -4.47. The summed E-state index contributed by atoms with van der Waals surface area (Å²) in [5.41, 5.74) is -0.217. The van der Waals surface area contributed by atoms with Gasteiger partial charge in [0.05, 0.1) is 11.3 Å². The van der Waals surface area contributed by atoms with Crippen LogP contribution in [0.1, 0.15) is 5.56 Å². The number of nitrogens with zero attached hydrogens (tertiary/aromatic N) is 2. The van der Waals surface area contributed by atoms with Crippen LogP contribution in [0.5, 0.6) is 0 Å². The van der Waals surface area contributed by atoms with Crippen LogP contribution in [0, 0.1) is 0 Å². The average Bonchev–Trinajstić information content (AvgIpc) is 2.89. The SMILES string of the molecule is O=c1onc(-c2cccc(C(F)(F)F)c2)n1-c1ccccc1. The molecule has 0 radical (unpaired) electrons. The first kappa shape index (κ1) is 14.1. The highest BCUT2D eigenvalue weighted by Gasteiger charge is 2.31. The highest BCUT2D eigenvalue weighted by Crippen LogP contribution is 2.31. The van der Waals surface area contributed by atoms with Gasteiger partial charge in [0.1, 0.15) is 0 Å². The van der Waals surface area contributed by atoms with Crippen LogP contribution in [0.3, 0.4) is 0 Å². The van der Waals surface area contributed by atoms with Crippen LogP contribution in [0.4, 0.5) is 13.2 Å². The van der Waals surface area contributed by atoms with Crippen molar-refractivity contribution in [2.24, 2.45) is 0 Å². The quantitative estimate of drug-likeness (QED) is 0.728. The first-order valence-corrected chi connectivity index (χ1v) is 6.28. The summed E-state index contributed by atoms with van der Waals surface area (Å²) < 4.78 is 44.1. The van der Waals surface area contributed by atoms with Crippen molar-refractivity contribution >= 4 is 0 Å². The molecule has 0 saturated heterocycles. The monoisotopic (exact) mass is 306 g/mol. The van der Waals surface area contributed by atoms with Gasteiger partial charge in [0.25, 0.3) is 0 Å². The summed E-state index contributed by atoms with van der Waals surface area (Å²) in [4.78, 5) is 11.8. The zero-order valence-electron chi connectivity index (χ0n) is 11.0. The van der Waals surface area contributed by atoms with Gasteiger partial charge >= 0.3 is 11.9 Å². The molecule has 4 nitrogen and oxygen atoms in total. The smallest absolute Gasteiger partial charge is 0.295 e. The summed E-state index contributed by atoms with van der Waals surface area (Å²) >= 11 is 0. The molecule has 22 heavy (non-hydrogen) atoms. The largest absolute Gasteiger partial charge is 0.446 e. The summed E-state index contributed by atoms with van der Waals surface area (Å²) in [7, 11) is 0. The van der Waals surface area contributed by atoms with Crippen molar-refractivity contribution in [1.82, 2.24) is 9.72 Å². The van der Waals surface area contributed by atoms with Crippen molar-refractivity contribution in [3.8, 4) is 17.1 Å². The molecular weight excluding hydrogens is 297 g/mol. The molecule has 1 aromatic heterocycles. The van der Waals surface area contributed by atoms with Crippen LogP contribution >= 0.6 is 0 Å². The number of benzene rings is 2. The van der Waals surface area contributed by atoms with Crippen LogP contribution in [-0.2, 0) is 6.18 Å². The Bertz CT molecular complexity index is 851. The Balaban J connectivity index is 2.17. The Labute approximate surface area is 122 Å². The molecule has 0 saturated carbocycles. The normalized spacial score (nSPS) is 11.6. The topological polar surface area (TPSA) is 48.0 Å². The molecule has 0 atom stereocenters. The lowest BCUT2D eigenvalue weighted by Gasteiger charge is -2.08. The molecule has 7 heteroatoms. The van der Waals surface area contributed by atoms with Crippen LogP contribution in [-0.4, -0.2) is 9.72 Å². The van der Waals surface area contributed by atoms with Gasteiger partial charge in [-0.05, 0) is 24.3 Å². The molecule has 3 aromatic rings. The molecule has 0 amide bonds. The summed E-state index contributed by atoms with van der Waals surface area (Å²) in [6, 6.07) is 13.0.